The van der Waals surface area contributed by atoms with E-state index in [1.807, 2.05) is 91.0 Å². The highest BCUT2D eigenvalue weighted by atomic mass is 16.5. The van der Waals surface area contributed by atoms with Crippen molar-refractivity contribution in [2.75, 3.05) is 13.2 Å². The van der Waals surface area contributed by atoms with Crippen LogP contribution in [0.25, 0.3) is 6.08 Å². The molecule has 1 N–H and O–H groups in total. The van der Waals surface area contributed by atoms with Gasteiger partial charge in [-0.25, -0.2) is 4.79 Å². The molecule has 0 aliphatic carbocycles. The van der Waals surface area contributed by atoms with Crippen LogP contribution >= 0.6 is 0 Å². The van der Waals surface area contributed by atoms with E-state index in [1.54, 1.807) is 19.1 Å². The lowest BCUT2D eigenvalue weighted by atomic mass is 9.89. The Hall–Kier alpha value is -4.39. The first-order valence-electron chi connectivity index (χ1n) is 12.3. The van der Waals surface area contributed by atoms with E-state index in [4.69, 9.17) is 9.47 Å². The molecule has 1 aliphatic heterocycles. The summed E-state index contributed by atoms with van der Waals surface area (Å²) in [4.78, 5) is 40.5. The number of amides is 2. The highest BCUT2D eigenvalue weighted by Crippen LogP contribution is 2.28. The van der Waals surface area contributed by atoms with Crippen LogP contribution in [0.5, 0.6) is 5.75 Å². The second kappa shape index (κ2) is 12.5. The molecule has 1 fully saturated rings. The van der Waals surface area contributed by atoms with Crippen LogP contribution in [0, 0.1) is 0 Å². The smallest absolute Gasteiger partial charge is 0.329 e. The molecule has 4 rings (SSSR count). The van der Waals surface area contributed by atoms with Gasteiger partial charge < -0.3 is 19.7 Å². The third-order valence-corrected chi connectivity index (χ3v) is 6.06. The Labute approximate surface area is 216 Å². The molecule has 7 nitrogen and oxygen atoms in total. The average Bonchev–Trinajstić information content (AvgIpc) is 2.93. The topological polar surface area (TPSA) is 84.9 Å². The molecule has 2 amide bonds. The van der Waals surface area contributed by atoms with Crippen molar-refractivity contribution in [3.05, 3.63) is 108 Å². The number of hydrogen-bond acceptors (Lipinski definition) is 5. The first kappa shape index (κ1) is 25.7. The standard InChI is InChI=1S/C30H30N2O5/c1-2-36-30(35)26(20-23-14-8-4-9-15-23)32-25(19-18-22-12-6-3-7-13-22)28(29(32)34)31-27(33)21-37-24-16-10-5-11-17-24/h3-19,25-26,28H,2,20-21H2,1H3,(H,31,33)/b19-18+. The lowest BCUT2D eigenvalue weighted by molar-refractivity contribution is -0.166. The summed E-state index contributed by atoms with van der Waals surface area (Å²) in [6, 6.07) is 25.9. The Balaban J connectivity index is 1.54. The summed E-state index contributed by atoms with van der Waals surface area (Å²) in [5, 5.41) is 2.78. The van der Waals surface area contributed by atoms with Crippen LogP contribution in [0.3, 0.4) is 0 Å². The SMILES string of the molecule is CCOC(=O)C(Cc1ccccc1)N1C(=O)C(NC(=O)COc2ccccc2)C1/C=C/c1ccccc1. The molecule has 7 heteroatoms. The van der Waals surface area contributed by atoms with Crippen molar-refractivity contribution in [2.45, 2.75) is 31.5 Å². The van der Waals surface area contributed by atoms with Gasteiger partial charge in [-0.05, 0) is 30.2 Å². The van der Waals surface area contributed by atoms with Crippen molar-refractivity contribution in [3.8, 4) is 5.75 Å². The molecule has 0 bridgehead atoms. The summed E-state index contributed by atoms with van der Waals surface area (Å²) >= 11 is 0. The highest BCUT2D eigenvalue weighted by molar-refractivity contribution is 5.97. The Kier molecular flexibility index (Phi) is 8.70. The number of β-lactam (4-membered cyclic amide) rings is 1. The zero-order valence-electron chi connectivity index (χ0n) is 20.7. The Morgan fingerprint density at radius 2 is 1.57 bits per heavy atom. The van der Waals surface area contributed by atoms with Gasteiger partial charge in [-0.1, -0.05) is 91.0 Å². The van der Waals surface area contributed by atoms with Crippen molar-refractivity contribution in [1.82, 2.24) is 10.2 Å². The van der Waals surface area contributed by atoms with E-state index in [1.165, 1.54) is 4.90 Å². The van der Waals surface area contributed by atoms with Crippen molar-refractivity contribution in [3.63, 3.8) is 0 Å². The molecule has 3 unspecified atom stereocenters. The van der Waals surface area contributed by atoms with Gasteiger partial charge in [0.05, 0.1) is 12.6 Å². The first-order valence-corrected chi connectivity index (χ1v) is 12.3. The van der Waals surface area contributed by atoms with Crippen molar-refractivity contribution >= 4 is 23.9 Å². The van der Waals surface area contributed by atoms with Crippen molar-refractivity contribution in [2.24, 2.45) is 0 Å². The molecule has 190 valence electrons. The van der Waals surface area contributed by atoms with Gasteiger partial charge in [-0.15, -0.1) is 0 Å². The van der Waals surface area contributed by atoms with Gasteiger partial charge in [0.1, 0.15) is 17.8 Å². The molecule has 0 saturated carbocycles. The Bertz CT molecular complexity index is 1210. The van der Waals surface area contributed by atoms with Gasteiger partial charge in [0.25, 0.3) is 5.91 Å². The van der Waals surface area contributed by atoms with Gasteiger partial charge in [0.15, 0.2) is 6.61 Å². The molecule has 3 aromatic rings. The summed E-state index contributed by atoms with van der Waals surface area (Å²) in [5.41, 5.74) is 1.85. The fourth-order valence-electron chi connectivity index (χ4n) is 4.27. The molecule has 3 aromatic carbocycles. The maximum Gasteiger partial charge on any atom is 0.329 e. The first-order chi connectivity index (χ1) is 18.1. The third-order valence-electron chi connectivity index (χ3n) is 6.06. The summed E-state index contributed by atoms with van der Waals surface area (Å²) in [7, 11) is 0. The predicted octanol–water partition coefficient (Wildman–Crippen LogP) is 3.65. The van der Waals surface area contributed by atoms with Crippen LogP contribution in [0.1, 0.15) is 18.1 Å². The maximum absolute atomic E-state index is 13.4. The average molecular weight is 499 g/mol. The zero-order valence-corrected chi connectivity index (χ0v) is 20.7. The second-order valence-corrected chi connectivity index (χ2v) is 8.61. The van der Waals surface area contributed by atoms with Gasteiger partial charge in [0.2, 0.25) is 5.91 Å². The second-order valence-electron chi connectivity index (χ2n) is 8.61. The predicted molar refractivity (Wildman–Crippen MR) is 141 cm³/mol. The normalized spacial score (nSPS) is 17.6. The number of hydrogen-bond donors (Lipinski definition) is 1. The number of para-hydroxylation sites is 1. The highest BCUT2D eigenvalue weighted by Gasteiger charge is 2.52. The van der Waals surface area contributed by atoms with E-state index < -0.39 is 30.0 Å². The summed E-state index contributed by atoms with van der Waals surface area (Å²) in [6.07, 6.45) is 4.03. The minimum atomic E-state index is -0.825. The summed E-state index contributed by atoms with van der Waals surface area (Å²) < 4.78 is 10.9. The number of ether oxygens (including phenoxy) is 2. The van der Waals surface area contributed by atoms with Gasteiger partial charge in [-0.3, -0.25) is 9.59 Å². The van der Waals surface area contributed by atoms with E-state index in [0.29, 0.717) is 12.2 Å². The number of likely N-dealkylation sites (tertiary alicyclic amines) is 1. The number of rotatable bonds is 11. The van der Waals surface area contributed by atoms with Crippen LogP contribution in [0.15, 0.2) is 97.1 Å². The fraction of sp³-hybridized carbons (Fsp3) is 0.233. The number of esters is 1. The number of carbonyl (C=O) groups is 3. The fourth-order valence-corrected chi connectivity index (χ4v) is 4.27. The van der Waals surface area contributed by atoms with Crippen molar-refractivity contribution in [1.29, 1.82) is 0 Å². The van der Waals surface area contributed by atoms with Crippen LogP contribution in [0.2, 0.25) is 0 Å². The number of carbonyl (C=O) groups excluding carboxylic acids is 3. The van der Waals surface area contributed by atoms with E-state index in [-0.39, 0.29) is 19.1 Å². The third kappa shape index (κ3) is 6.64. The Morgan fingerprint density at radius 1 is 0.946 bits per heavy atom. The number of nitrogens with one attached hydrogen (secondary N) is 1. The number of nitrogens with zero attached hydrogens (tertiary/aromatic N) is 1. The van der Waals surface area contributed by atoms with Gasteiger partial charge in [0, 0.05) is 6.42 Å². The van der Waals surface area contributed by atoms with Gasteiger partial charge in [-0.2, -0.15) is 0 Å². The molecule has 0 radical (unpaired) electrons. The minimum Gasteiger partial charge on any atom is -0.484 e. The molecule has 3 atom stereocenters. The lowest BCUT2D eigenvalue weighted by Gasteiger charge is -2.49. The Morgan fingerprint density at radius 3 is 2.22 bits per heavy atom. The van der Waals surface area contributed by atoms with Crippen LogP contribution < -0.4 is 10.1 Å². The lowest BCUT2D eigenvalue weighted by Crippen LogP contribution is -2.74. The maximum atomic E-state index is 13.4. The summed E-state index contributed by atoms with van der Waals surface area (Å²) in [5.74, 6) is -0.680. The van der Waals surface area contributed by atoms with Crippen LogP contribution in [-0.4, -0.2) is 54.0 Å². The molecular formula is C30H30N2O5. The monoisotopic (exact) mass is 498 g/mol. The molecule has 1 aliphatic rings. The van der Waals surface area contributed by atoms with E-state index in [0.717, 1.165) is 11.1 Å². The van der Waals surface area contributed by atoms with E-state index >= 15 is 0 Å². The minimum absolute atomic E-state index is 0.202. The molecule has 1 heterocycles. The van der Waals surface area contributed by atoms with Gasteiger partial charge >= 0.3 is 5.97 Å². The van der Waals surface area contributed by atoms with Crippen LogP contribution in [0.4, 0.5) is 0 Å². The quantitative estimate of drug-likeness (QED) is 0.322. The molecular weight excluding hydrogens is 468 g/mol. The molecule has 37 heavy (non-hydrogen) atoms. The summed E-state index contributed by atoms with van der Waals surface area (Å²) in [6.45, 7) is 1.71. The van der Waals surface area contributed by atoms with Crippen molar-refractivity contribution < 1.29 is 23.9 Å². The number of benzene rings is 3. The molecule has 1 saturated heterocycles. The molecule has 0 aromatic heterocycles. The largest absolute Gasteiger partial charge is 0.484 e. The van der Waals surface area contributed by atoms with Crippen LogP contribution in [-0.2, 0) is 25.5 Å². The molecule has 0 spiro atoms. The van der Waals surface area contributed by atoms with E-state index in [9.17, 15) is 14.4 Å². The van der Waals surface area contributed by atoms with E-state index in [2.05, 4.69) is 5.32 Å². The zero-order chi connectivity index (χ0) is 26.0.